The minimum Gasteiger partial charge on any atom is -0.427 e. The van der Waals surface area contributed by atoms with Crippen LogP contribution in [0.3, 0.4) is 0 Å². The average molecular weight is 265 g/mol. The van der Waals surface area contributed by atoms with Crippen molar-refractivity contribution in [1.82, 2.24) is 4.90 Å². The highest BCUT2D eigenvalue weighted by Gasteiger charge is 2.17. The Bertz CT molecular complexity index is 487. The molecule has 0 aromatic heterocycles. The Hall–Kier alpha value is -1.49. The Balaban J connectivity index is 2.26. The van der Waals surface area contributed by atoms with Gasteiger partial charge >= 0.3 is 5.97 Å². The number of thioether (sulfide) groups is 1. The molecule has 0 atom stereocenters. The zero-order valence-corrected chi connectivity index (χ0v) is 11.3. The van der Waals surface area contributed by atoms with E-state index in [2.05, 4.69) is 0 Å². The third-order valence-corrected chi connectivity index (χ3v) is 3.81. The van der Waals surface area contributed by atoms with E-state index in [0.29, 0.717) is 12.3 Å². The Morgan fingerprint density at radius 1 is 1.33 bits per heavy atom. The molecule has 5 heteroatoms. The van der Waals surface area contributed by atoms with Crippen molar-refractivity contribution in [3.63, 3.8) is 0 Å². The molecule has 1 heterocycles. The van der Waals surface area contributed by atoms with Gasteiger partial charge < -0.3 is 9.64 Å². The molecule has 0 N–H and O–H groups in total. The normalized spacial score (nSPS) is 14.7. The number of esters is 1. The van der Waals surface area contributed by atoms with Gasteiger partial charge in [-0.05, 0) is 23.8 Å². The number of hydrogen-bond acceptors (Lipinski definition) is 4. The molecule has 2 rings (SSSR count). The van der Waals surface area contributed by atoms with Gasteiger partial charge in [-0.2, -0.15) is 0 Å². The Morgan fingerprint density at radius 3 is 2.78 bits per heavy atom. The molecule has 4 nitrogen and oxygen atoms in total. The summed E-state index contributed by atoms with van der Waals surface area (Å²) in [7, 11) is 0. The maximum atomic E-state index is 11.5. The molecule has 1 aromatic rings. The molecule has 0 aliphatic carbocycles. The van der Waals surface area contributed by atoms with Crippen LogP contribution in [0, 0.1) is 0 Å². The molecular weight excluding hydrogens is 250 g/mol. The summed E-state index contributed by atoms with van der Waals surface area (Å²) in [6.07, 6.45) is 0. The zero-order chi connectivity index (χ0) is 13.1. The first-order valence-electron chi connectivity index (χ1n) is 5.76. The molecule has 18 heavy (non-hydrogen) atoms. The van der Waals surface area contributed by atoms with Crippen molar-refractivity contribution in [3.05, 3.63) is 23.8 Å². The van der Waals surface area contributed by atoms with Crippen molar-refractivity contribution in [2.45, 2.75) is 25.3 Å². The van der Waals surface area contributed by atoms with Crippen LogP contribution in [0.25, 0.3) is 0 Å². The molecule has 96 valence electrons. The molecule has 0 bridgehead atoms. The van der Waals surface area contributed by atoms with E-state index < -0.39 is 0 Å². The summed E-state index contributed by atoms with van der Waals surface area (Å²) < 4.78 is 5.07. The van der Waals surface area contributed by atoms with Crippen LogP contribution >= 0.6 is 11.8 Å². The lowest BCUT2D eigenvalue weighted by Crippen LogP contribution is -2.29. The van der Waals surface area contributed by atoms with E-state index >= 15 is 0 Å². The summed E-state index contributed by atoms with van der Waals surface area (Å²) in [6, 6.07) is 5.57. The molecule has 1 aromatic carbocycles. The van der Waals surface area contributed by atoms with Gasteiger partial charge in [-0.25, -0.2) is 0 Å². The fourth-order valence-electron chi connectivity index (χ4n) is 1.87. The second kappa shape index (κ2) is 5.44. The largest absolute Gasteiger partial charge is 0.427 e. The van der Waals surface area contributed by atoms with Crippen LogP contribution < -0.4 is 4.74 Å². The monoisotopic (exact) mass is 265 g/mol. The topological polar surface area (TPSA) is 46.6 Å². The van der Waals surface area contributed by atoms with Gasteiger partial charge in [0, 0.05) is 37.6 Å². The quantitative estimate of drug-likeness (QED) is 0.576. The number of carbonyl (C=O) groups is 2. The highest BCUT2D eigenvalue weighted by Crippen LogP contribution is 2.30. The van der Waals surface area contributed by atoms with Crippen LogP contribution in [0.4, 0.5) is 0 Å². The van der Waals surface area contributed by atoms with Crippen LogP contribution in [0.15, 0.2) is 23.1 Å². The molecule has 0 fully saturated rings. The first-order valence-corrected chi connectivity index (χ1v) is 6.74. The molecule has 1 aliphatic rings. The van der Waals surface area contributed by atoms with Crippen molar-refractivity contribution in [2.24, 2.45) is 0 Å². The smallest absolute Gasteiger partial charge is 0.308 e. The van der Waals surface area contributed by atoms with Crippen LogP contribution in [-0.4, -0.2) is 29.1 Å². The van der Waals surface area contributed by atoms with Gasteiger partial charge in [0.2, 0.25) is 5.91 Å². The lowest BCUT2D eigenvalue weighted by molar-refractivity contribution is -0.132. The number of nitrogens with zero attached hydrogens (tertiary/aromatic N) is 1. The summed E-state index contributed by atoms with van der Waals surface area (Å²) >= 11 is 1.72. The Kier molecular flexibility index (Phi) is 3.91. The van der Waals surface area contributed by atoms with Crippen LogP contribution in [0.2, 0.25) is 0 Å². The predicted octanol–water partition coefficient (Wildman–Crippen LogP) is 2.07. The van der Waals surface area contributed by atoms with Gasteiger partial charge in [-0.3, -0.25) is 9.59 Å². The highest BCUT2D eigenvalue weighted by molar-refractivity contribution is 7.99. The first-order chi connectivity index (χ1) is 8.56. The second-order valence-corrected chi connectivity index (χ2v) is 5.29. The van der Waals surface area contributed by atoms with Gasteiger partial charge in [0.25, 0.3) is 0 Å². The van der Waals surface area contributed by atoms with E-state index in [9.17, 15) is 9.59 Å². The number of benzene rings is 1. The zero-order valence-electron chi connectivity index (χ0n) is 10.4. The minimum absolute atomic E-state index is 0.0707. The van der Waals surface area contributed by atoms with Crippen LogP contribution in [-0.2, 0) is 16.1 Å². The lowest BCUT2D eigenvalue weighted by atomic mass is 10.2. The average Bonchev–Trinajstić information content (AvgIpc) is 2.49. The fourth-order valence-corrected chi connectivity index (χ4v) is 2.87. The van der Waals surface area contributed by atoms with Crippen molar-refractivity contribution in [3.8, 4) is 5.75 Å². The van der Waals surface area contributed by atoms with Crippen molar-refractivity contribution < 1.29 is 14.3 Å². The summed E-state index contributed by atoms with van der Waals surface area (Å²) in [6.45, 7) is 4.28. The summed E-state index contributed by atoms with van der Waals surface area (Å²) in [5.74, 6) is 1.16. The van der Waals surface area contributed by atoms with E-state index in [4.69, 9.17) is 4.74 Å². The SMILES string of the molecule is CC(=O)Oc1ccc2c(c1)CN(C(C)=O)CCS2. The second-order valence-electron chi connectivity index (χ2n) is 4.15. The Morgan fingerprint density at radius 2 is 2.11 bits per heavy atom. The number of amides is 1. The fraction of sp³-hybridized carbons (Fsp3) is 0.385. The van der Waals surface area contributed by atoms with Crippen molar-refractivity contribution in [1.29, 1.82) is 0 Å². The minimum atomic E-state index is -0.334. The standard InChI is InChI=1S/C13H15NO3S/c1-9(15)14-5-6-18-13-4-3-12(17-10(2)16)7-11(13)8-14/h3-4,7H,5-6,8H2,1-2H3. The number of carbonyl (C=O) groups excluding carboxylic acids is 2. The molecule has 0 radical (unpaired) electrons. The Labute approximate surface area is 110 Å². The molecular formula is C13H15NO3S. The van der Waals surface area contributed by atoms with Gasteiger partial charge in [-0.15, -0.1) is 11.8 Å². The highest BCUT2D eigenvalue weighted by atomic mass is 32.2. The number of rotatable bonds is 1. The number of fused-ring (bicyclic) bond motifs is 1. The maximum absolute atomic E-state index is 11.5. The summed E-state index contributed by atoms with van der Waals surface area (Å²) in [4.78, 5) is 25.3. The van der Waals surface area contributed by atoms with Gasteiger partial charge in [0.15, 0.2) is 0 Å². The van der Waals surface area contributed by atoms with E-state index in [1.807, 2.05) is 12.1 Å². The van der Waals surface area contributed by atoms with Gasteiger partial charge in [0.1, 0.15) is 5.75 Å². The first kappa shape index (κ1) is 13.0. The van der Waals surface area contributed by atoms with E-state index in [1.165, 1.54) is 6.92 Å². The van der Waals surface area contributed by atoms with E-state index in [-0.39, 0.29) is 11.9 Å². The molecule has 0 saturated carbocycles. The third kappa shape index (κ3) is 3.04. The molecule has 1 amide bonds. The lowest BCUT2D eigenvalue weighted by Gasteiger charge is -2.18. The van der Waals surface area contributed by atoms with Gasteiger partial charge in [-0.1, -0.05) is 0 Å². The van der Waals surface area contributed by atoms with Crippen LogP contribution in [0.1, 0.15) is 19.4 Å². The predicted molar refractivity (Wildman–Crippen MR) is 69.6 cm³/mol. The summed E-state index contributed by atoms with van der Waals surface area (Å²) in [5.41, 5.74) is 1.03. The van der Waals surface area contributed by atoms with Gasteiger partial charge in [0.05, 0.1) is 0 Å². The van der Waals surface area contributed by atoms with Crippen molar-refractivity contribution in [2.75, 3.05) is 12.3 Å². The molecule has 1 aliphatic heterocycles. The summed E-state index contributed by atoms with van der Waals surface area (Å²) in [5, 5.41) is 0. The number of hydrogen-bond donors (Lipinski definition) is 0. The van der Waals surface area contributed by atoms with Crippen LogP contribution in [0.5, 0.6) is 5.75 Å². The number of ether oxygens (including phenoxy) is 1. The molecule has 0 unspecified atom stereocenters. The van der Waals surface area contributed by atoms with E-state index in [0.717, 1.165) is 22.8 Å². The molecule has 0 spiro atoms. The third-order valence-electron chi connectivity index (χ3n) is 2.72. The van der Waals surface area contributed by atoms with Crippen molar-refractivity contribution >= 4 is 23.6 Å². The molecule has 0 saturated heterocycles. The maximum Gasteiger partial charge on any atom is 0.308 e. The van der Waals surface area contributed by atoms with E-state index in [1.54, 1.807) is 29.7 Å².